The van der Waals surface area contributed by atoms with Gasteiger partial charge < -0.3 is 0 Å². The molecule has 2 aromatic heterocycles. The molecule has 2 nitrogen and oxygen atoms in total. The summed E-state index contributed by atoms with van der Waals surface area (Å²) in [6, 6.07) is 12.2. The standard InChI is InChI=1S/C17H11ClN2/c1-10-6-8-19-16-12(10)4-2-11-3-5-13-14(18)7-9-20-17(13)15(11)16/h2-9H,1H3. The second-order valence-electron chi connectivity index (χ2n) is 4.94. The molecule has 0 unspecified atom stereocenters. The third-order valence-electron chi connectivity index (χ3n) is 3.77. The van der Waals surface area contributed by atoms with E-state index in [4.69, 9.17) is 11.6 Å². The minimum Gasteiger partial charge on any atom is -0.256 e. The lowest BCUT2D eigenvalue weighted by molar-refractivity contribution is 1.38. The highest BCUT2D eigenvalue weighted by Crippen LogP contribution is 2.33. The molecule has 0 atom stereocenters. The van der Waals surface area contributed by atoms with Gasteiger partial charge in [0, 0.05) is 28.6 Å². The van der Waals surface area contributed by atoms with Gasteiger partial charge in [-0.05, 0) is 30.0 Å². The zero-order valence-electron chi connectivity index (χ0n) is 10.9. The number of benzene rings is 2. The molecule has 0 spiro atoms. The first-order valence-corrected chi connectivity index (χ1v) is 6.85. The monoisotopic (exact) mass is 278 g/mol. The predicted molar refractivity (Wildman–Crippen MR) is 84.3 cm³/mol. The van der Waals surface area contributed by atoms with Gasteiger partial charge in [-0.15, -0.1) is 0 Å². The van der Waals surface area contributed by atoms with Gasteiger partial charge in [-0.1, -0.05) is 35.9 Å². The molecular weight excluding hydrogens is 268 g/mol. The molecule has 0 amide bonds. The smallest absolute Gasteiger partial charge is 0.0817 e. The molecule has 20 heavy (non-hydrogen) atoms. The maximum atomic E-state index is 6.28. The Labute approximate surface area is 121 Å². The van der Waals surface area contributed by atoms with Crippen molar-refractivity contribution in [1.29, 1.82) is 0 Å². The fourth-order valence-corrected chi connectivity index (χ4v) is 2.95. The molecule has 96 valence electrons. The number of pyridine rings is 2. The van der Waals surface area contributed by atoms with Crippen LogP contribution in [0.4, 0.5) is 0 Å². The van der Waals surface area contributed by atoms with Gasteiger partial charge in [0.15, 0.2) is 0 Å². The van der Waals surface area contributed by atoms with E-state index in [1.54, 1.807) is 6.20 Å². The number of aryl methyl sites for hydroxylation is 1. The van der Waals surface area contributed by atoms with Crippen LogP contribution in [0.25, 0.3) is 32.6 Å². The molecule has 3 heteroatoms. The second-order valence-corrected chi connectivity index (χ2v) is 5.35. The van der Waals surface area contributed by atoms with E-state index in [0.29, 0.717) is 0 Å². The topological polar surface area (TPSA) is 25.8 Å². The number of rotatable bonds is 0. The molecule has 2 aromatic carbocycles. The van der Waals surface area contributed by atoms with E-state index in [1.165, 1.54) is 5.56 Å². The van der Waals surface area contributed by atoms with Crippen molar-refractivity contribution in [2.75, 3.05) is 0 Å². The Morgan fingerprint density at radius 1 is 0.800 bits per heavy atom. The fourth-order valence-electron chi connectivity index (χ4n) is 2.74. The van der Waals surface area contributed by atoms with Crippen molar-refractivity contribution < 1.29 is 0 Å². The van der Waals surface area contributed by atoms with Crippen molar-refractivity contribution in [3.8, 4) is 0 Å². The molecule has 4 rings (SSSR count). The Kier molecular flexibility index (Phi) is 2.41. The van der Waals surface area contributed by atoms with E-state index in [2.05, 4.69) is 35.1 Å². The molecule has 4 aromatic rings. The van der Waals surface area contributed by atoms with Gasteiger partial charge in [-0.25, -0.2) is 0 Å². The van der Waals surface area contributed by atoms with Gasteiger partial charge in [0.2, 0.25) is 0 Å². The maximum absolute atomic E-state index is 6.28. The summed E-state index contributed by atoms with van der Waals surface area (Å²) in [5.74, 6) is 0. The van der Waals surface area contributed by atoms with E-state index < -0.39 is 0 Å². The first kappa shape index (κ1) is 11.6. The molecule has 0 aliphatic carbocycles. The average Bonchev–Trinajstić information content (AvgIpc) is 2.47. The number of hydrogen-bond donors (Lipinski definition) is 0. The summed E-state index contributed by atoms with van der Waals surface area (Å²) in [4.78, 5) is 9.09. The average molecular weight is 279 g/mol. The minimum absolute atomic E-state index is 0.724. The van der Waals surface area contributed by atoms with Crippen LogP contribution in [-0.4, -0.2) is 9.97 Å². The molecule has 0 fully saturated rings. The van der Waals surface area contributed by atoms with Gasteiger partial charge in [-0.2, -0.15) is 0 Å². The Morgan fingerprint density at radius 3 is 2.25 bits per heavy atom. The molecule has 0 aliphatic heterocycles. The van der Waals surface area contributed by atoms with Crippen molar-refractivity contribution in [3.05, 3.63) is 59.4 Å². The van der Waals surface area contributed by atoms with E-state index >= 15 is 0 Å². The summed E-state index contributed by atoms with van der Waals surface area (Å²) in [5.41, 5.74) is 3.12. The van der Waals surface area contributed by atoms with Crippen molar-refractivity contribution in [2.45, 2.75) is 6.92 Å². The van der Waals surface area contributed by atoms with Gasteiger partial charge in [0.25, 0.3) is 0 Å². The molecule has 0 N–H and O–H groups in total. The minimum atomic E-state index is 0.724. The van der Waals surface area contributed by atoms with Crippen molar-refractivity contribution in [1.82, 2.24) is 9.97 Å². The van der Waals surface area contributed by atoms with Crippen LogP contribution in [0.5, 0.6) is 0 Å². The summed E-state index contributed by atoms with van der Waals surface area (Å²) in [6.45, 7) is 2.10. The quantitative estimate of drug-likeness (QED) is 0.428. The molecule has 0 saturated heterocycles. The van der Waals surface area contributed by atoms with Crippen molar-refractivity contribution in [3.63, 3.8) is 0 Å². The third kappa shape index (κ3) is 1.52. The van der Waals surface area contributed by atoms with Crippen LogP contribution in [0.2, 0.25) is 5.02 Å². The Bertz CT molecular complexity index is 900. The van der Waals surface area contributed by atoms with Gasteiger partial charge in [0.05, 0.1) is 16.1 Å². The molecule has 0 aliphatic rings. The van der Waals surface area contributed by atoms with E-state index in [-0.39, 0.29) is 0 Å². The Balaban J connectivity index is 2.36. The highest BCUT2D eigenvalue weighted by molar-refractivity contribution is 6.36. The van der Waals surface area contributed by atoms with Crippen LogP contribution >= 0.6 is 11.6 Å². The molecule has 0 radical (unpaired) electrons. The summed E-state index contributed by atoms with van der Waals surface area (Å²) in [7, 11) is 0. The van der Waals surface area contributed by atoms with E-state index in [0.717, 1.165) is 37.6 Å². The normalized spacial score (nSPS) is 11.5. The molecule has 0 saturated carbocycles. The first-order chi connectivity index (χ1) is 9.75. The van der Waals surface area contributed by atoms with Crippen LogP contribution in [-0.2, 0) is 0 Å². The SMILES string of the molecule is Cc1ccnc2c1ccc1ccc3c(Cl)ccnc3c12. The number of aromatic nitrogens is 2. The van der Waals surface area contributed by atoms with Crippen LogP contribution in [0.1, 0.15) is 5.56 Å². The van der Waals surface area contributed by atoms with Crippen molar-refractivity contribution in [2.24, 2.45) is 0 Å². The van der Waals surface area contributed by atoms with Crippen molar-refractivity contribution >= 4 is 44.2 Å². The molecular formula is C17H11ClN2. The summed E-state index contributed by atoms with van der Waals surface area (Å²) < 4.78 is 0. The van der Waals surface area contributed by atoms with Gasteiger partial charge in [-0.3, -0.25) is 9.97 Å². The predicted octanol–water partition coefficient (Wildman–Crippen LogP) is 4.90. The fraction of sp³-hybridized carbons (Fsp3) is 0.0588. The highest BCUT2D eigenvalue weighted by Gasteiger charge is 2.09. The lowest BCUT2D eigenvalue weighted by Gasteiger charge is -2.08. The second kappa shape index (κ2) is 4.15. The Morgan fingerprint density at radius 2 is 1.45 bits per heavy atom. The van der Waals surface area contributed by atoms with Crippen LogP contribution in [0.15, 0.2) is 48.8 Å². The van der Waals surface area contributed by atoms with Crippen LogP contribution in [0.3, 0.4) is 0 Å². The zero-order valence-corrected chi connectivity index (χ0v) is 11.6. The zero-order chi connectivity index (χ0) is 13.7. The summed E-state index contributed by atoms with van der Waals surface area (Å²) in [6.07, 6.45) is 3.60. The highest BCUT2D eigenvalue weighted by atomic mass is 35.5. The number of fused-ring (bicyclic) bond motifs is 5. The van der Waals surface area contributed by atoms with Gasteiger partial charge >= 0.3 is 0 Å². The summed E-state index contributed by atoms with van der Waals surface area (Å²) >= 11 is 6.28. The number of halogens is 1. The number of nitrogens with zero attached hydrogens (tertiary/aromatic N) is 2. The number of hydrogen-bond acceptors (Lipinski definition) is 2. The molecule has 0 bridgehead atoms. The molecule has 2 heterocycles. The third-order valence-corrected chi connectivity index (χ3v) is 4.10. The van der Waals surface area contributed by atoms with Crippen LogP contribution in [0, 0.1) is 6.92 Å². The van der Waals surface area contributed by atoms with E-state index in [9.17, 15) is 0 Å². The maximum Gasteiger partial charge on any atom is 0.0817 e. The Hall–Kier alpha value is -2.19. The largest absolute Gasteiger partial charge is 0.256 e. The summed E-state index contributed by atoms with van der Waals surface area (Å²) in [5, 5.41) is 5.07. The van der Waals surface area contributed by atoms with Crippen LogP contribution < -0.4 is 0 Å². The first-order valence-electron chi connectivity index (χ1n) is 6.47. The lowest BCUT2D eigenvalue weighted by Crippen LogP contribution is -1.88. The van der Waals surface area contributed by atoms with Gasteiger partial charge in [0.1, 0.15) is 0 Å². The van der Waals surface area contributed by atoms with E-state index in [1.807, 2.05) is 24.4 Å². The lowest BCUT2D eigenvalue weighted by atomic mass is 10.0.